The second-order valence-corrected chi connectivity index (χ2v) is 4.54. The molecule has 3 heteroatoms. The zero-order chi connectivity index (χ0) is 10.7. The molecule has 0 saturated heterocycles. The lowest BCUT2D eigenvalue weighted by atomic mass is 10.2. The van der Waals surface area contributed by atoms with E-state index in [-0.39, 0.29) is 5.82 Å². The number of halogens is 2. The minimum atomic E-state index is -0.261. The van der Waals surface area contributed by atoms with Crippen LogP contribution in [0.5, 0.6) is 5.75 Å². The molecule has 82 valence electrons. The quantitative estimate of drug-likeness (QED) is 0.739. The molecule has 2 rings (SSSR count). The Labute approximate surface area is 97.8 Å². The van der Waals surface area contributed by atoms with E-state index in [9.17, 15) is 4.39 Å². The third-order valence-electron chi connectivity index (χ3n) is 2.63. The molecule has 1 aromatic carbocycles. The first-order valence-electron chi connectivity index (χ1n) is 5.27. The minimum absolute atomic E-state index is 0.261. The van der Waals surface area contributed by atoms with Gasteiger partial charge in [0.25, 0.3) is 0 Å². The van der Waals surface area contributed by atoms with Gasteiger partial charge in [0.15, 0.2) is 11.6 Å². The van der Waals surface area contributed by atoms with Gasteiger partial charge in [0.05, 0.1) is 6.61 Å². The van der Waals surface area contributed by atoms with Gasteiger partial charge in [-0.2, -0.15) is 0 Å². The standard InChI is InChI=1S/C12H14BrFO/c13-8-10-3-4-12(11(14)7-10)15-6-5-9-1-2-9/h3-4,7,9H,1-2,5-6,8H2. The lowest BCUT2D eigenvalue weighted by Gasteiger charge is -2.07. The van der Waals surface area contributed by atoms with E-state index in [0.717, 1.165) is 17.9 Å². The van der Waals surface area contributed by atoms with E-state index in [4.69, 9.17) is 4.74 Å². The number of ether oxygens (including phenoxy) is 1. The SMILES string of the molecule is Fc1cc(CBr)ccc1OCCC1CC1. The molecule has 1 nitrogen and oxygen atoms in total. The molecule has 0 aromatic heterocycles. The van der Waals surface area contributed by atoms with Crippen molar-refractivity contribution >= 4 is 15.9 Å². The summed E-state index contributed by atoms with van der Waals surface area (Å²) in [6.45, 7) is 0.634. The first-order valence-corrected chi connectivity index (χ1v) is 6.39. The number of rotatable bonds is 5. The zero-order valence-corrected chi connectivity index (χ0v) is 10.1. The van der Waals surface area contributed by atoms with Crippen LogP contribution in [0, 0.1) is 11.7 Å². The molecule has 0 unspecified atom stereocenters. The van der Waals surface area contributed by atoms with Crippen molar-refractivity contribution in [1.29, 1.82) is 0 Å². The molecule has 15 heavy (non-hydrogen) atoms. The van der Waals surface area contributed by atoms with Crippen LogP contribution in [-0.4, -0.2) is 6.61 Å². The average Bonchev–Trinajstić information content (AvgIpc) is 3.04. The molecule has 0 aliphatic heterocycles. The maximum Gasteiger partial charge on any atom is 0.165 e. The van der Waals surface area contributed by atoms with E-state index in [0.29, 0.717) is 17.7 Å². The van der Waals surface area contributed by atoms with Crippen molar-refractivity contribution in [1.82, 2.24) is 0 Å². The van der Waals surface area contributed by atoms with Gasteiger partial charge in [-0.05, 0) is 30.0 Å². The van der Waals surface area contributed by atoms with Gasteiger partial charge >= 0.3 is 0 Å². The fraction of sp³-hybridized carbons (Fsp3) is 0.500. The van der Waals surface area contributed by atoms with Gasteiger partial charge in [-0.1, -0.05) is 34.8 Å². The molecule has 1 aromatic rings. The summed E-state index contributed by atoms with van der Waals surface area (Å²) in [4.78, 5) is 0. The van der Waals surface area contributed by atoms with Gasteiger partial charge < -0.3 is 4.74 Å². The van der Waals surface area contributed by atoms with Gasteiger partial charge in [-0.25, -0.2) is 4.39 Å². The lowest BCUT2D eigenvalue weighted by Crippen LogP contribution is -2.00. The molecule has 0 heterocycles. The Morgan fingerprint density at radius 2 is 2.20 bits per heavy atom. The Bertz CT molecular complexity index is 336. The monoisotopic (exact) mass is 272 g/mol. The van der Waals surface area contributed by atoms with E-state index in [2.05, 4.69) is 15.9 Å². The third kappa shape index (κ3) is 3.20. The number of alkyl halides is 1. The van der Waals surface area contributed by atoms with E-state index < -0.39 is 0 Å². The van der Waals surface area contributed by atoms with Crippen LogP contribution in [0.3, 0.4) is 0 Å². The summed E-state index contributed by atoms with van der Waals surface area (Å²) in [5.41, 5.74) is 0.932. The molecule has 1 saturated carbocycles. The molecular formula is C12H14BrFO. The summed E-state index contributed by atoms with van der Waals surface area (Å²) < 4.78 is 18.8. The molecular weight excluding hydrogens is 259 g/mol. The fourth-order valence-corrected chi connectivity index (χ4v) is 1.84. The van der Waals surface area contributed by atoms with Crippen LogP contribution < -0.4 is 4.74 Å². The molecule has 0 amide bonds. The van der Waals surface area contributed by atoms with Crippen LogP contribution in [-0.2, 0) is 5.33 Å². The second-order valence-electron chi connectivity index (χ2n) is 3.98. The summed E-state index contributed by atoms with van der Waals surface area (Å²) in [6.07, 6.45) is 3.68. The molecule has 1 aliphatic rings. The molecule has 0 bridgehead atoms. The minimum Gasteiger partial charge on any atom is -0.491 e. The lowest BCUT2D eigenvalue weighted by molar-refractivity contribution is 0.288. The van der Waals surface area contributed by atoms with Gasteiger partial charge in [-0.3, -0.25) is 0 Å². The summed E-state index contributed by atoms with van der Waals surface area (Å²) in [5.74, 6) is 0.943. The van der Waals surface area contributed by atoms with Crippen molar-refractivity contribution in [3.05, 3.63) is 29.6 Å². The highest BCUT2D eigenvalue weighted by Gasteiger charge is 2.20. The Morgan fingerprint density at radius 3 is 2.80 bits per heavy atom. The van der Waals surface area contributed by atoms with Crippen LogP contribution in [0.4, 0.5) is 4.39 Å². The third-order valence-corrected chi connectivity index (χ3v) is 3.28. The largest absolute Gasteiger partial charge is 0.491 e. The van der Waals surface area contributed by atoms with Crippen molar-refractivity contribution < 1.29 is 9.13 Å². The van der Waals surface area contributed by atoms with Crippen LogP contribution >= 0.6 is 15.9 Å². The Morgan fingerprint density at radius 1 is 1.40 bits per heavy atom. The fourth-order valence-electron chi connectivity index (χ4n) is 1.49. The Kier molecular flexibility index (Phi) is 3.62. The molecule has 0 radical (unpaired) electrons. The molecule has 0 atom stereocenters. The van der Waals surface area contributed by atoms with Gasteiger partial charge in [-0.15, -0.1) is 0 Å². The average molecular weight is 273 g/mol. The number of benzene rings is 1. The van der Waals surface area contributed by atoms with Gasteiger partial charge in [0.1, 0.15) is 0 Å². The topological polar surface area (TPSA) is 9.23 Å². The number of hydrogen-bond donors (Lipinski definition) is 0. The zero-order valence-electron chi connectivity index (χ0n) is 8.51. The van der Waals surface area contributed by atoms with Gasteiger partial charge in [0, 0.05) is 5.33 Å². The number of hydrogen-bond acceptors (Lipinski definition) is 1. The maximum atomic E-state index is 13.4. The van der Waals surface area contributed by atoms with Gasteiger partial charge in [0.2, 0.25) is 0 Å². The smallest absolute Gasteiger partial charge is 0.165 e. The van der Waals surface area contributed by atoms with Crippen LogP contribution in [0.1, 0.15) is 24.8 Å². The predicted octanol–water partition coefficient (Wildman–Crippen LogP) is 3.90. The highest BCUT2D eigenvalue weighted by Crippen LogP contribution is 2.32. The molecule has 1 aliphatic carbocycles. The van der Waals surface area contributed by atoms with E-state index in [1.807, 2.05) is 6.07 Å². The highest BCUT2D eigenvalue weighted by atomic mass is 79.9. The van der Waals surface area contributed by atoms with E-state index in [1.165, 1.54) is 18.9 Å². The van der Waals surface area contributed by atoms with E-state index >= 15 is 0 Å². The van der Waals surface area contributed by atoms with Crippen molar-refractivity contribution in [3.8, 4) is 5.75 Å². The molecule has 0 N–H and O–H groups in total. The maximum absolute atomic E-state index is 13.4. The van der Waals surface area contributed by atoms with Crippen LogP contribution in [0.2, 0.25) is 0 Å². The highest BCUT2D eigenvalue weighted by molar-refractivity contribution is 9.08. The molecule has 0 spiro atoms. The predicted molar refractivity (Wildman–Crippen MR) is 61.9 cm³/mol. The first-order chi connectivity index (χ1) is 7.29. The van der Waals surface area contributed by atoms with Crippen LogP contribution in [0.25, 0.3) is 0 Å². The second kappa shape index (κ2) is 4.97. The Balaban J connectivity index is 1.88. The van der Waals surface area contributed by atoms with Crippen LogP contribution in [0.15, 0.2) is 18.2 Å². The summed E-state index contributed by atoms with van der Waals surface area (Å²) in [5, 5.41) is 0.673. The summed E-state index contributed by atoms with van der Waals surface area (Å²) in [6, 6.07) is 5.10. The van der Waals surface area contributed by atoms with Crippen molar-refractivity contribution in [3.63, 3.8) is 0 Å². The first kappa shape index (κ1) is 10.9. The molecule has 1 fully saturated rings. The Hall–Kier alpha value is -0.570. The van der Waals surface area contributed by atoms with Crippen molar-refractivity contribution in [2.75, 3.05) is 6.61 Å². The summed E-state index contributed by atoms with van der Waals surface area (Å²) in [7, 11) is 0. The van der Waals surface area contributed by atoms with Crippen molar-refractivity contribution in [2.45, 2.75) is 24.6 Å². The normalized spacial score (nSPS) is 15.3. The van der Waals surface area contributed by atoms with Crippen molar-refractivity contribution in [2.24, 2.45) is 5.92 Å². The van der Waals surface area contributed by atoms with E-state index in [1.54, 1.807) is 6.07 Å². The summed E-state index contributed by atoms with van der Waals surface area (Å²) >= 11 is 3.29.